The summed E-state index contributed by atoms with van der Waals surface area (Å²) in [5.74, 6) is -0.0732. The smallest absolute Gasteiger partial charge is 0.251 e. The lowest BCUT2D eigenvalue weighted by atomic mass is 10.1. The van der Waals surface area contributed by atoms with Gasteiger partial charge in [-0.3, -0.25) is 4.79 Å². The normalized spacial score (nSPS) is 15.4. The lowest BCUT2D eigenvalue weighted by Crippen LogP contribution is -2.32. The van der Waals surface area contributed by atoms with E-state index in [0.29, 0.717) is 36.6 Å². The van der Waals surface area contributed by atoms with Crippen LogP contribution in [0.15, 0.2) is 47.4 Å². The number of ether oxygens (including phenoxy) is 1. The Kier molecular flexibility index (Phi) is 7.75. The predicted octanol–water partition coefficient (Wildman–Crippen LogP) is 3.89. The van der Waals surface area contributed by atoms with Crippen molar-refractivity contribution < 1.29 is 17.9 Å². The quantitative estimate of drug-likeness (QED) is 0.694. The summed E-state index contributed by atoms with van der Waals surface area (Å²) in [6, 6.07) is 12.0. The van der Waals surface area contributed by atoms with Crippen molar-refractivity contribution in [1.29, 1.82) is 0 Å². The Hall–Kier alpha value is -2.09. The van der Waals surface area contributed by atoms with Gasteiger partial charge in [0.05, 0.1) is 7.11 Å². The fourth-order valence-electron chi connectivity index (χ4n) is 3.51. The zero-order valence-corrected chi connectivity index (χ0v) is 18.6. The minimum Gasteiger partial charge on any atom is -0.495 e. The van der Waals surface area contributed by atoms with Gasteiger partial charge in [0.2, 0.25) is 10.0 Å². The number of sulfonamides is 1. The molecule has 1 amide bonds. The van der Waals surface area contributed by atoms with Crippen LogP contribution in [0.1, 0.15) is 41.6 Å². The number of hydrogen-bond acceptors (Lipinski definition) is 4. The SMILES string of the molecule is COc1ccc(C(=O)NCCc2ccc(Cl)cc2)cc1S(=O)(=O)N1CCCCCC1. The van der Waals surface area contributed by atoms with Crippen LogP contribution in [-0.4, -0.2) is 45.4 Å². The van der Waals surface area contributed by atoms with Crippen molar-refractivity contribution in [2.75, 3.05) is 26.7 Å². The molecule has 0 spiro atoms. The highest BCUT2D eigenvalue weighted by molar-refractivity contribution is 7.89. The summed E-state index contributed by atoms with van der Waals surface area (Å²) in [5.41, 5.74) is 1.35. The first-order valence-electron chi connectivity index (χ1n) is 10.1. The van der Waals surface area contributed by atoms with Crippen LogP contribution < -0.4 is 10.1 Å². The van der Waals surface area contributed by atoms with E-state index in [1.54, 1.807) is 12.1 Å². The van der Waals surface area contributed by atoms with Crippen molar-refractivity contribution in [3.05, 3.63) is 58.6 Å². The van der Waals surface area contributed by atoms with Crippen LogP contribution in [0.25, 0.3) is 0 Å². The molecule has 0 unspecified atom stereocenters. The highest BCUT2D eigenvalue weighted by Gasteiger charge is 2.29. The highest BCUT2D eigenvalue weighted by Crippen LogP contribution is 2.29. The van der Waals surface area contributed by atoms with Crippen LogP contribution in [-0.2, 0) is 16.4 Å². The molecular formula is C22H27ClN2O4S. The average molecular weight is 451 g/mol. The van der Waals surface area contributed by atoms with Crippen LogP contribution in [0.5, 0.6) is 5.75 Å². The molecule has 0 saturated carbocycles. The van der Waals surface area contributed by atoms with Gasteiger partial charge in [0, 0.05) is 30.2 Å². The number of carbonyl (C=O) groups is 1. The third kappa shape index (κ3) is 5.53. The maximum absolute atomic E-state index is 13.2. The molecule has 8 heteroatoms. The minimum absolute atomic E-state index is 0.0391. The van der Waals surface area contributed by atoms with Crippen molar-refractivity contribution in [3.63, 3.8) is 0 Å². The number of carbonyl (C=O) groups excluding carboxylic acids is 1. The van der Waals surface area contributed by atoms with Crippen LogP contribution in [0.4, 0.5) is 0 Å². The number of nitrogens with one attached hydrogen (secondary N) is 1. The Morgan fingerprint density at radius 3 is 2.37 bits per heavy atom. The molecular weight excluding hydrogens is 424 g/mol. The van der Waals surface area contributed by atoms with Gasteiger partial charge >= 0.3 is 0 Å². The van der Waals surface area contributed by atoms with E-state index in [9.17, 15) is 13.2 Å². The second kappa shape index (κ2) is 10.3. The lowest BCUT2D eigenvalue weighted by Gasteiger charge is -2.21. The Morgan fingerprint density at radius 1 is 1.07 bits per heavy atom. The van der Waals surface area contributed by atoms with E-state index in [2.05, 4.69) is 5.32 Å². The Balaban J connectivity index is 1.74. The van der Waals surface area contributed by atoms with Crippen molar-refractivity contribution in [3.8, 4) is 5.75 Å². The third-order valence-electron chi connectivity index (χ3n) is 5.22. The van der Waals surface area contributed by atoms with E-state index in [0.717, 1.165) is 31.2 Å². The molecule has 3 rings (SSSR count). The Morgan fingerprint density at radius 2 is 1.73 bits per heavy atom. The topological polar surface area (TPSA) is 75.7 Å². The highest BCUT2D eigenvalue weighted by atomic mass is 35.5. The standard InChI is InChI=1S/C22H27ClN2O4S/c1-29-20-11-8-18(22(26)24-13-12-17-6-9-19(23)10-7-17)16-21(20)30(27,28)25-14-4-2-3-5-15-25/h6-11,16H,2-5,12-15H2,1H3,(H,24,26). The molecule has 1 heterocycles. The number of halogens is 1. The molecule has 1 N–H and O–H groups in total. The second-order valence-electron chi connectivity index (χ2n) is 7.32. The predicted molar refractivity (Wildman–Crippen MR) is 118 cm³/mol. The maximum Gasteiger partial charge on any atom is 0.251 e. The fraction of sp³-hybridized carbons (Fsp3) is 0.409. The number of hydrogen-bond donors (Lipinski definition) is 1. The molecule has 162 valence electrons. The molecule has 30 heavy (non-hydrogen) atoms. The van der Waals surface area contributed by atoms with Gasteiger partial charge in [-0.1, -0.05) is 36.6 Å². The van der Waals surface area contributed by atoms with Gasteiger partial charge in [-0.2, -0.15) is 4.31 Å². The molecule has 2 aromatic rings. The zero-order valence-electron chi connectivity index (χ0n) is 17.1. The van der Waals surface area contributed by atoms with Gasteiger partial charge in [0.1, 0.15) is 10.6 Å². The van der Waals surface area contributed by atoms with E-state index in [1.165, 1.54) is 17.5 Å². The van der Waals surface area contributed by atoms with Crippen molar-refractivity contribution in [1.82, 2.24) is 9.62 Å². The number of nitrogens with zero attached hydrogens (tertiary/aromatic N) is 1. The molecule has 0 aliphatic carbocycles. The van der Waals surface area contributed by atoms with Crippen molar-refractivity contribution >= 4 is 27.5 Å². The molecule has 1 aliphatic rings. The van der Waals surface area contributed by atoms with E-state index in [-0.39, 0.29) is 16.6 Å². The van der Waals surface area contributed by atoms with Crippen LogP contribution >= 0.6 is 11.6 Å². The number of amides is 1. The third-order valence-corrected chi connectivity index (χ3v) is 7.39. The molecule has 0 bridgehead atoms. The molecule has 6 nitrogen and oxygen atoms in total. The first-order valence-corrected chi connectivity index (χ1v) is 11.9. The fourth-order valence-corrected chi connectivity index (χ4v) is 5.34. The zero-order chi connectivity index (χ0) is 21.6. The maximum atomic E-state index is 13.2. The van der Waals surface area contributed by atoms with Gasteiger partial charge < -0.3 is 10.1 Å². The largest absolute Gasteiger partial charge is 0.495 e. The summed E-state index contributed by atoms with van der Waals surface area (Å²) >= 11 is 5.89. The summed E-state index contributed by atoms with van der Waals surface area (Å²) in [6.07, 6.45) is 4.38. The summed E-state index contributed by atoms with van der Waals surface area (Å²) in [7, 11) is -2.30. The summed E-state index contributed by atoms with van der Waals surface area (Å²) < 4.78 is 33.2. The summed E-state index contributed by atoms with van der Waals surface area (Å²) in [4.78, 5) is 12.7. The van der Waals surface area contributed by atoms with Gasteiger partial charge in [-0.15, -0.1) is 0 Å². The van der Waals surface area contributed by atoms with Crippen molar-refractivity contribution in [2.24, 2.45) is 0 Å². The summed E-state index contributed by atoms with van der Waals surface area (Å²) in [6.45, 7) is 1.41. The number of methoxy groups -OCH3 is 1. The van der Waals surface area contributed by atoms with Gasteiger partial charge in [0.15, 0.2) is 0 Å². The summed E-state index contributed by atoms with van der Waals surface area (Å²) in [5, 5.41) is 3.51. The average Bonchev–Trinajstić information content (AvgIpc) is 3.05. The van der Waals surface area contributed by atoms with Crippen molar-refractivity contribution in [2.45, 2.75) is 37.0 Å². The molecule has 1 fully saturated rings. The first-order chi connectivity index (χ1) is 14.4. The van der Waals surface area contributed by atoms with Crippen LogP contribution in [0.3, 0.4) is 0 Å². The number of rotatable bonds is 7. The molecule has 0 radical (unpaired) electrons. The first kappa shape index (κ1) is 22.6. The van der Waals surface area contributed by atoms with E-state index >= 15 is 0 Å². The minimum atomic E-state index is -3.74. The van der Waals surface area contributed by atoms with E-state index < -0.39 is 10.0 Å². The number of benzene rings is 2. The van der Waals surface area contributed by atoms with Gasteiger partial charge in [-0.25, -0.2) is 8.42 Å². The lowest BCUT2D eigenvalue weighted by molar-refractivity contribution is 0.0954. The molecule has 1 aliphatic heterocycles. The Bertz CT molecular complexity index is 969. The molecule has 0 aromatic heterocycles. The second-order valence-corrected chi connectivity index (χ2v) is 9.66. The Labute approximate surface area is 183 Å². The van der Waals surface area contributed by atoms with Gasteiger partial charge in [-0.05, 0) is 55.2 Å². The molecule has 2 aromatic carbocycles. The van der Waals surface area contributed by atoms with E-state index in [4.69, 9.17) is 16.3 Å². The van der Waals surface area contributed by atoms with Gasteiger partial charge in [0.25, 0.3) is 5.91 Å². The van der Waals surface area contributed by atoms with Crippen LogP contribution in [0, 0.1) is 0 Å². The molecule has 0 atom stereocenters. The van der Waals surface area contributed by atoms with E-state index in [1.807, 2.05) is 24.3 Å². The molecule has 1 saturated heterocycles. The monoisotopic (exact) mass is 450 g/mol. The van der Waals surface area contributed by atoms with Crippen LogP contribution in [0.2, 0.25) is 5.02 Å².